The van der Waals surface area contributed by atoms with E-state index in [-0.39, 0.29) is 43.2 Å². The highest BCUT2D eigenvalue weighted by atomic mass is 16.7. The zero-order valence-electron chi connectivity index (χ0n) is 46.9. The molecule has 4 aliphatic rings. The summed E-state index contributed by atoms with van der Waals surface area (Å²) in [6.45, 7) is 22.7. The second kappa shape index (κ2) is 23.9. The maximum absolute atomic E-state index is 14.6. The fourth-order valence-corrected chi connectivity index (χ4v) is 13.2. The van der Waals surface area contributed by atoms with Crippen LogP contribution in [0, 0.1) is 29.6 Å². The maximum atomic E-state index is 14.6. The van der Waals surface area contributed by atoms with Crippen molar-refractivity contribution in [3.8, 4) is 5.75 Å². The SMILES string of the molecule is CC[C@H]1OC(=O)[C@H](C)[C@@H](C2C[C@@](C)(OC)[C@@H](O)[C@H](C)O2)[C@H](C)[C@@H](O[C@H]2C[C@@H](N(C)CCCOc3ccc4ccc([C@H](C)N5CCc6ccccc65)cc4c3)C[C@@H](C)O2)[C@](C)(OC)C[C@@H](C)C(=O)[C@H](C)[C@@H](O)[C@]1(C)O. The summed E-state index contributed by atoms with van der Waals surface area (Å²) in [5.41, 5.74) is -0.0765. The number of methoxy groups -OCH3 is 2. The number of anilines is 1. The average Bonchev–Trinajstić information content (AvgIpc) is 3.82. The highest BCUT2D eigenvalue weighted by Crippen LogP contribution is 2.46. The number of carbonyl (C=O) groups is 2. The molecule has 3 aromatic rings. The number of rotatable bonds is 14. The van der Waals surface area contributed by atoms with Crippen molar-refractivity contribution in [3.05, 3.63) is 71.8 Å². The minimum atomic E-state index is -1.94. The van der Waals surface area contributed by atoms with Crippen LogP contribution in [-0.4, -0.2) is 145 Å². The number of ketones is 1. The second-order valence-corrected chi connectivity index (χ2v) is 23.3. The number of carbonyl (C=O) groups excluding carboxylic acids is 2. The van der Waals surface area contributed by atoms with Gasteiger partial charge in [-0.05, 0) is 133 Å². The van der Waals surface area contributed by atoms with Gasteiger partial charge in [0.15, 0.2) is 6.29 Å². The van der Waals surface area contributed by atoms with Gasteiger partial charge in [0.05, 0.1) is 60.3 Å². The minimum Gasteiger partial charge on any atom is -0.494 e. The Labute approximate surface area is 441 Å². The van der Waals surface area contributed by atoms with Crippen LogP contribution in [-0.2, 0) is 44.4 Å². The van der Waals surface area contributed by atoms with Crippen LogP contribution < -0.4 is 9.64 Å². The van der Waals surface area contributed by atoms with Crippen LogP contribution in [0.3, 0.4) is 0 Å². The normalized spacial score (nSPS) is 38.1. The first-order valence-electron chi connectivity index (χ1n) is 27.6. The van der Waals surface area contributed by atoms with E-state index in [9.17, 15) is 24.9 Å². The van der Waals surface area contributed by atoms with Gasteiger partial charge in [-0.2, -0.15) is 0 Å². The maximum Gasteiger partial charge on any atom is 0.309 e. The predicted octanol–water partition coefficient (Wildman–Crippen LogP) is 8.86. The van der Waals surface area contributed by atoms with Gasteiger partial charge in [0.1, 0.15) is 29.3 Å². The summed E-state index contributed by atoms with van der Waals surface area (Å²) < 4.78 is 45.7. The molecule has 3 fully saturated rings. The number of hydrogen-bond donors (Lipinski definition) is 3. The second-order valence-electron chi connectivity index (χ2n) is 23.3. The number of fused-ring (bicyclic) bond motifs is 2. The number of esters is 1. The number of aliphatic hydroxyl groups excluding tert-OH is 2. The molecule has 1 unspecified atom stereocenters. The highest BCUT2D eigenvalue weighted by Gasteiger charge is 2.55. The Morgan fingerprint density at radius 3 is 2.26 bits per heavy atom. The van der Waals surface area contributed by atoms with Crippen LogP contribution in [0.5, 0.6) is 5.75 Å². The molecule has 14 heteroatoms. The summed E-state index contributed by atoms with van der Waals surface area (Å²) >= 11 is 0. The van der Waals surface area contributed by atoms with Crippen LogP contribution in [0.25, 0.3) is 10.8 Å². The lowest BCUT2D eigenvalue weighted by Crippen LogP contribution is -2.61. The molecule has 3 N–H and O–H groups in total. The molecule has 74 heavy (non-hydrogen) atoms. The monoisotopic (exact) mass is 1030 g/mol. The number of nitrogens with zero attached hydrogens (tertiary/aromatic N) is 2. The van der Waals surface area contributed by atoms with E-state index in [4.69, 9.17) is 33.2 Å². The summed E-state index contributed by atoms with van der Waals surface area (Å²) in [5, 5.41) is 37.2. The van der Waals surface area contributed by atoms with Crippen molar-refractivity contribution in [1.29, 1.82) is 0 Å². The fraction of sp³-hybridized carbons (Fsp3) is 0.700. The lowest BCUT2D eigenvalue weighted by Gasteiger charge is -2.52. The third kappa shape index (κ3) is 12.2. The molecule has 0 aliphatic carbocycles. The first-order chi connectivity index (χ1) is 35.0. The Bertz CT molecular complexity index is 2360. The Kier molecular flexibility index (Phi) is 18.7. The lowest BCUT2D eigenvalue weighted by molar-refractivity contribution is -0.278. The highest BCUT2D eigenvalue weighted by molar-refractivity contribution is 5.85. The van der Waals surface area contributed by atoms with E-state index in [2.05, 4.69) is 91.4 Å². The molecule has 14 nitrogen and oxygen atoms in total. The molecule has 18 atom stereocenters. The van der Waals surface area contributed by atoms with Gasteiger partial charge in [-0.15, -0.1) is 0 Å². The van der Waals surface area contributed by atoms with Crippen molar-refractivity contribution in [2.75, 3.05) is 45.9 Å². The molecule has 0 saturated carbocycles. The van der Waals surface area contributed by atoms with E-state index in [1.165, 1.54) is 29.1 Å². The molecule has 0 amide bonds. The molecular formula is C60H90N2O12. The standard InChI is InChI=1S/C60H90N2O12/c1-15-50-60(11,67)54(64)39(6)53(63)35(2)33-59(10,69-14)56(37(4)52(38(5)57(66)73-50)49-34-58(9,68-13)55(65)41(8)72-49)74-51-32-46(29-36(3)71-51)61(12)26-18-28-70-47-24-23-42-21-22-44(30-45(42)31-47)40(7)62-27-25-43-19-16-17-20-48(43)62/h16-17,19-24,30-31,35-41,46,49-52,54-56,64-65,67H,15,18,25-29,32-34H2,1-14H3/t35-,36-,37+,38-,39+,40+,41+,46+,49?,50-,51+,52+,54-,55+,56-,58-,59-,60-/m1/s1. The number of hydrogen-bond acceptors (Lipinski definition) is 14. The molecule has 0 bridgehead atoms. The fourth-order valence-electron chi connectivity index (χ4n) is 13.2. The third-order valence-corrected chi connectivity index (χ3v) is 18.1. The van der Waals surface area contributed by atoms with Crippen LogP contribution in [0.4, 0.5) is 5.69 Å². The van der Waals surface area contributed by atoms with Crippen molar-refractivity contribution in [2.45, 2.75) is 199 Å². The van der Waals surface area contributed by atoms with E-state index < -0.39 is 95.3 Å². The van der Waals surface area contributed by atoms with E-state index in [1.807, 2.05) is 27.7 Å². The summed E-state index contributed by atoms with van der Waals surface area (Å²) in [7, 11) is 5.31. The zero-order chi connectivity index (χ0) is 54.0. The quantitative estimate of drug-likeness (QED) is 0.104. The number of Topliss-reactive ketones (excluding diaryl/α,β-unsaturated/α-hetero) is 1. The molecule has 412 valence electrons. The van der Waals surface area contributed by atoms with E-state index in [1.54, 1.807) is 41.9 Å². The first kappa shape index (κ1) is 58.0. The Balaban J connectivity index is 1.09. The van der Waals surface area contributed by atoms with Gasteiger partial charge in [-0.25, -0.2) is 0 Å². The zero-order valence-corrected chi connectivity index (χ0v) is 46.9. The van der Waals surface area contributed by atoms with E-state index in [0.717, 1.165) is 43.5 Å². The van der Waals surface area contributed by atoms with Crippen molar-refractivity contribution >= 4 is 28.2 Å². The van der Waals surface area contributed by atoms with Gasteiger partial charge in [0.25, 0.3) is 0 Å². The third-order valence-electron chi connectivity index (χ3n) is 18.1. The van der Waals surface area contributed by atoms with Crippen LogP contribution in [0.1, 0.15) is 132 Å². The van der Waals surface area contributed by atoms with Gasteiger partial charge in [-0.3, -0.25) is 9.59 Å². The lowest BCUT2D eigenvalue weighted by atomic mass is 9.67. The molecule has 4 heterocycles. The van der Waals surface area contributed by atoms with Crippen molar-refractivity contribution in [3.63, 3.8) is 0 Å². The molecule has 0 aromatic heterocycles. The predicted molar refractivity (Wildman–Crippen MR) is 287 cm³/mol. The number of benzene rings is 3. The van der Waals surface area contributed by atoms with Crippen molar-refractivity contribution in [1.82, 2.24) is 4.90 Å². The topological polar surface area (TPSA) is 166 Å². The molecule has 7 rings (SSSR count). The van der Waals surface area contributed by atoms with Gasteiger partial charge in [-0.1, -0.05) is 71.0 Å². The largest absolute Gasteiger partial charge is 0.494 e. The molecule has 0 radical (unpaired) electrons. The van der Waals surface area contributed by atoms with Crippen molar-refractivity contribution < 1.29 is 58.1 Å². The van der Waals surface area contributed by atoms with E-state index in [0.29, 0.717) is 13.0 Å². The van der Waals surface area contributed by atoms with Gasteiger partial charge >= 0.3 is 5.97 Å². The minimum absolute atomic E-state index is 0.104. The number of para-hydroxylation sites is 1. The Morgan fingerprint density at radius 1 is 0.851 bits per heavy atom. The van der Waals surface area contributed by atoms with Crippen LogP contribution in [0.15, 0.2) is 60.7 Å². The molecule has 0 spiro atoms. The molecule has 4 aliphatic heterocycles. The molecular weight excluding hydrogens is 941 g/mol. The van der Waals surface area contributed by atoms with Gasteiger partial charge < -0.3 is 58.3 Å². The van der Waals surface area contributed by atoms with Crippen molar-refractivity contribution in [2.24, 2.45) is 29.6 Å². The molecule has 3 aromatic carbocycles. The van der Waals surface area contributed by atoms with Crippen LogP contribution >= 0.6 is 0 Å². The van der Waals surface area contributed by atoms with Gasteiger partial charge in [0.2, 0.25) is 0 Å². The summed E-state index contributed by atoms with van der Waals surface area (Å²) in [5.74, 6) is -3.61. The van der Waals surface area contributed by atoms with E-state index >= 15 is 0 Å². The number of ether oxygens (including phenoxy) is 7. The number of cyclic esters (lactones) is 1. The molecule has 3 saturated heterocycles. The average molecular weight is 1030 g/mol. The Morgan fingerprint density at radius 2 is 1.55 bits per heavy atom. The van der Waals surface area contributed by atoms with Gasteiger partial charge in [0, 0.05) is 69.6 Å². The Hall–Kier alpha value is -3.70. The number of aliphatic hydroxyl groups is 3. The smallest absolute Gasteiger partial charge is 0.309 e. The summed E-state index contributed by atoms with van der Waals surface area (Å²) in [6, 6.07) is 22.1. The first-order valence-corrected chi connectivity index (χ1v) is 27.6. The van der Waals surface area contributed by atoms with Crippen LogP contribution in [0.2, 0.25) is 0 Å². The summed E-state index contributed by atoms with van der Waals surface area (Å²) in [4.78, 5) is 33.8. The summed E-state index contributed by atoms with van der Waals surface area (Å²) in [6.07, 6.45) is -2.62.